The number of hydrogen-bond acceptors (Lipinski definition) is 4. The number of rotatable bonds is 1. The molecule has 2 fully saturated rings. The van der Waals surface area contributed by atoms with Crippen LogP contribution in [0.5, 0.6) is 0 Å². The zero-order valence-electron chi connectivity index (χ0n) is 10.2. The quantitative estimate of drug-likeness (QED) is 0.751. The number of likely N-dealkylation sites (tertiary alicyclic amines) is 2. The smallest absolute Gasteiger partial charge is 0.256 e. The van der Waals surface area contributed by atoms with Gasteiger partial charge in [0.15, 0.2) is 0 Å². The molecule has 0 aromatic carbocycles. The van der Waals surface area contributed by atoms with Gasteiger partial charge in [-0.3, -0.25) is 9.59 Å². The van der Waals surface area contributed by atoms with Crippen molar-refractivity contribution in [2.24, 2.45) is 11.8 Å². The number of carbonyl (C=O) groups excluding carboxylic acids is 2. The highest BCUT2D eigenvalue weighted by Gasteiger charge is 2.43. The van der Waals surface area contributed by atoms with Crippen LogP contribution < -0.4 is 0 Å². The summed E-state index contributed by atoms with van der Waals surface area (Å²) in [5.41, 5.74) is 0.638. The number of carbonyl (C=O) groups is 2. The van der Waals surface area contributed by atoms with Crippen molar-refractivity contribution in [1.29, 1.82) is 0 Å². The summed E-state index contributed by atoms with van der Waals surface area (Å²) in [5, 5.41) is 1.76. The second-order valence-electron chi connectivity index (χ2n) is 5.04. The van der Waals surface area contributed by atoms with Crippen molar-refractivity contribution in [2.45, 2.75) is 6.42 Å². The summed E-state index contributed by atoms with van der Waals surface area (Å²) >= 11 is 1.28. The maximum Gasteiger partial charge on any atom is 0.256 e. The maximum atomic E-state index is 12.2. The van der Waals surface area contributed by atoms with Gasteiger partial charge in [-0.2, -0.15) is 0 Å². The Morgan fingerprint density at radius 3 is 3.06 bits per heavy atom. The molecule has 18 heavy (non-hydrogen) atoms. The van der Waals surface area contributed by atoms with Crippen LogP contribution in [-0.2, 0) is 4.79 Å². The summed E-state index contributed by atoms with van der Waals surface area (Å²) in [6.45, 7) is 2.07. The predicted molar refractivity (Wildman–Crippen MR) is 67.3 cm³/mol. The van der Waals surface area contributed by atoms with E-state index in [-0.39, 0.29) is 17.7 Å². The zero-order chi connectivity index (χ0) is 12.7. The largest absolute Gasteiger partial charge is 0.345 e. The first-order valence-corrected chi connectivity index (χ1v) is 6.94. The van der Waals surface area contributed by atoms with Crippen LogP contribution in [0.3, 0.4) is 0 Å². The summed E-state index contributed by atoms with van der Waals surface area (Å²) in [6.07, 6.45) is 2.60. The van der Waals surface area contributed by atoms with Crippen molar-refractivity contribution in [1.82, 2.24) is 14.2 Å². The topological polar surface area (TPSA) is 53.5 Å². The first-order chi connectivity index (χ1) is 8.66. The van der Waals surface area contributed by atoms with Gasteiger partial charge in [0, 0.05) is 32.1 Å². The number of fused-ring (bicyclic) bond motifs is 1. The summed E-state index contributed by atoms with van der Waals surface area (Å²) in [5.74, 6) is 0.530. The molecule has 0 spiro atoms. The molecule has 3 heterocycles. The van der Waals surface area contributed by atoms with E-state index in [1.54, 1.807) is 21.4 Å². The molecule has 0 unspecified atom stereocenters. The summed E-state index contributed by atoms with van der Waals surface area (Å²) in [6, 6.07) is 0. The SMILES string of the molecule is CN1CC[C@@H]2CN(C(=O)c3cnsc3)C[C@@H]2C1=O. The van der Waals surface area contributed by atoms with E-state index in [4.69, 9.17) is 0 Å². The first-order valence-electron chi connectivity index (χ1n) is 6.10. The van der Waals surface area contributed by atoms with Gasteiger partial charge in [-0.15, -0.1) is 0 Å². The molecule has 6 heteroatoms. The standard InChI is InChI=1S/C12H15N3O2S/c1-14-3-2-8-5-15(6-10(8)12(14)17)11(16)9-4-13-18-7-9/h4,7-8,10H,2-3,5-6H2,1H3/t8-,10+/m1/s1. The predicted octanol–water partition coefficient (Wildman–Crippen LogP) is 0.693. The first kappa shape index (κ1) is 11.6. The summed E-state index contributed by atoms with van der Waals surface area (Å²) < 4.78 is 3.95. The van der Waals surface area contributed by atoms with Gasteiger partial charge in [-0.05, 0) is 23.9 Å². The van der Waals surface area contributed by atoms with Crippen LogP contribution in [0.4, 0.5) is 0 Å². The molecule has 5 nitrogen and oxygen atoms in total. The third-order valence-electron chi connectivity index (χ3n) is 3.94. The van der Waals surface area contributed by atoms with E-state index in [0.29, 0.717) is 24.6 Å². The third kappa shape index (κ3) is 1.80. The fourth-order valence-electron chi connectivity index (χ4n) is 2.86. The van der Waals surface area contributed by atoms with Gasteiger partial charge in [-0.25, -0.2) is 4.37 Å². The highest BCUT2D eigenvalue weighted by atomic mass is 32.1. The number of hydrogen-bond donors (Lipinski definition) is 0. The molecule has 0 bridgehead atoms. The highest BCUT2D eigenvalue weighted by Crippen LogP contribution is 2.32. The lowest BCUT2D eigenvalue weighted by Gasteiger charge is -2.30. The van der Waals surface area contributed by atoms with Crippen LogP contribution in [0.25, 0.3) is 0 Å². The fraction of sp³-hybridized carbons (Fsp3) is 0.583. The number of piperidine rings is 1. The van der Waals surface area contributed by atoms with E-state index in [0.717, 1.165) is 13.0 Å². The molecule has 2 saturated heterocycles. The van der Waals surface area contributed by atoms with Crippen LogP contribution in [0.1, 0.15) is 16.8 Å². The normalized spacial score (nSPS) is 27.5. The van der Waals surface area contributed by atoms with E-state index in [1.165, 1.54) is 11.5 Å². The molecule has 1 aromatic rings. The molecule has 3 rings (SSSR count). The van der Waals surface area contributed by atoms with Gasteiger partial charge in [0.05, 0.1) is 17.7 Å². The molecule has 0 aliphatic carbocycles. The van der Waals surface area contributed by atoms with Gasteiger partial charge < -0.3 is 9.80 Å². The van der Waals surface area contributed by atoms with Crippen molar-refractivity contribution >= 4 is 23.3 Å². The van der Waals surface area contributed by atoms with Gasteiger partial charge in [0.1, 0.15) is 0 Å². The monoisotopic (exact) mass is 265 g/mol. The van der Waals surface area contributed by atoms with Crippen molar-refractivity contribution < 1.29 is 9.59 Å². The molecular formula is C12H15N3O2S. The average molecular weight is 265 g/mol. The van der Waals surface area contributed by atoms with Crippen molar-refractivity contribution in [3.63, 3.8) is 0 Å². The second kappa shape index (κ2) is 4.35. The summed E-state index contributed by atoms with van der Waals surface area (Å²) in [7, 11) is 1.84. The van der Waals surface area contributed by atoms with Crippen molar-refractivity contribution in [2.75, 3.05) is 26.7 Å². The fourth-order valence-corrected chi connectivity index (χ4v) is 3.37. The number of amides is 2. The highest BCUT2D eigenvalue weighted by molar-refractivity contribution is 7.03. The van der Waals surface area contributed by atoms with Gasteiger partial charge in [0.2, 0.25) is 5.91 Å². The lowest BCUT2D eigenvalue weighted by Crippen LogP contribution is -2.42. The van der Waals surface area contributed by atoms with Crippen molar-refractivity contribution in [3.05, 3.63) is 17.1 Å². The van der Waals surface area contributed by atoms with E-state index in [2.05, 4.69) is 4.37 Å². The second-order valence-corrected chi connectivity index (χ2v) is 5.70. The minimum absolute atomic E-state index is 0.000653. The Balaban J connectivity index is 1.75. The minimum atomic E-state index is -0.000653. The number of aromatic nitrogens is 1. The minimum Gasteiger partial charge on any atom is -0.345 e. The third-order valence-corrected chi connectivity index (χ3v) is 4.52. The lowest BCUT2D eigenvalue weighted by molar-refractivity contribution is -0.137. The molecule has 2 aliphatic heterocycles. The maximum absolute atomic E-state index is 12.2. The molecule has 2 atom stereocenters. The Morgan fingerprint density at radius 2 is 2.33 bits per heavy atom. The molecule has 0 saturated carbocycles. The van der Waals surface area contributed by atoms with Crippen LogP contribution in [-0.4, -0.2) is 52.7 Å². The van der Waals surface area contributed by atoms with E-state index >= 15 is 0 Å². The van der Waals surface area contributed by atoms with Crippen LogP contribution in [0.15, 0.2) is 11.6 Å². The Bertz CT molecular complexity index is 474. The van der Waals surface area contributed by atoms with Gasteiger partial charge >= 0.3 is 0 Å². The number of nitrogens with zero attached hydrogens (tertiary/aromatic N) is 3. The van der Waals surface area contributed by atoms with E-state index in [1.807, 2.05) is 7.05 Å². The van der Waals surface area contributed by atoms with Crippen LogP contribution in [0.2, 0.25) is 0 Å². The van der Waals surface area contributed by atoms with Gasteiger partial charge in [0.25, 0.3) is 5.91 Å². The molecule has 0 radical (unpaired) electrons. The zero-order valence-corrected chi connectivity index (χ0v) is 11.0. The average Bonchev–Trinajstić information content (AvgIpc) is 3.01. The molecular weight excluding hydrogens is 250 g/mol. The molecule has 2 aliphatic rings. The Labute approximate surface area is 110 Å². The summed E-state index contributed by atoms with van der Waals surface area (Å²) in [4.78, 5) is 27.8. The molecule has 96 valence electrons. The van der Waals surface area contributed by atoms with Crippen molar-refractivity contribution in [3.8, 4) is 0 Å². The van der Waals surface area contributed by atoms with E-state index < -0.39 is 0 Å². The Hall–Kier alpha value is -1.43. The van der Waals surface area contributed by atoms with E-state index in [9.17, 15) is 9.59 Å². The lowest BCUT2D eigenvalue weighted by atomic mass is 9.88. The van der Waals surface area contributed by atoms with Crippen LogP contribution >= 0.6 is 11.5 Å². The molecule has 1 aromatic heterocycles. The Morgan fingerprint density at radius 1 is 1.50 bits per heavy atom. The molecule has 0 N–H and O–H groups in total. The Kier molecular flexibility index (Phi) is 2.81. The van der Waals surface area contributed by atoms with Crippen LogP contribution in [0, 0.1) is 11.8 Å². The van der Waals surface area contributed by atoms with Gasteiger partial charge in [-0.1, -0.05) is 0 Å². The molecule has 2 amide bonds.